The summed E-state index contributed by atoms with van der Waals surface area (Å²) in [5, 5.41) is 2.06. The van der Waals surface area contributed by atoms with Crippen LogP contribution in [0.1, 0.15) is 16.1 Å². The SMILES string of the molecule is CN1CCN(C(=O)c2ccccn2)C[C@H](Cc2ccccc2-c2cccs2)C1=O. The topological polar surface area (TPSA) is 53.5 Å². The Morgan fingerprint density at radius 1 is 1.10 bits per heavy atom. The Morgan fingerprint density at radius 3 is 2.69 bits per heavy atom. The van der Waals surface area contributed by atoms with Crippen LogP contribution in [0.5, 0.6) is 0 Å². The Balaban J connectivity index is 1.60. The molecule has 2 amide bonds. The molecule has 1 aromatic carbocycles. The van der Waals surface area contributed by atoms with E-state index in [4.69, 9.17) is 0 Å². The summed E-state index contributed by atoms with van der Waals surface area (Å²) in [6.45, 7) is 1.44. The minimum absolute atomic E-state index is 0.0855. The van der Waals surface area contributed by atoms with Crippen LogP contribution in [-0.4, -0.2) is 53.3 Å². The molecule has 6 heteroatoms. The van der Waals surface area contributed by atoms with Crippen molar-refractivity contribution in [2.24, 2.45) is 5.92 Å². The van der Waals surface area contributed by atoms with Gasteiger partial charge in [0.15, 0.2) is 0 Å². The monoisotopic (exact) mass is 405 g/mol. The summed E-state index contributed by atoms with van der Waals surface area (Å²) in [5.41, 5.74) is 2.71. The summed E-state index contributed by atoms with van der Waals surface area (Å²) in [5.74, 6) is -0.316. The predicted octanol–water partition coefficient (Wildman–Crippen LogP) is 3.58. The summed E-state index contributed by atoms with van der Waals surface area (Å²) in [4.78, 5) is 34.9. The van der Waals surface area contributed by atoms with E-state index in [9.17, 15) is 9.59 Å². The third-order valence-corrected chi connectivity index (χ3v) is 6.22. The van der Waals surface area contributed by atoms with Gasteiger partial charge in [-0.05, 0) is 41.1 Å². The third kappa shape index (κ3) is 4.22. The van der Waals surface area contributed by atoms with Crippen molar-refractivity contribution in [1.82, 2.24) is 14.8 Å². The smallest absolute Gasteiger partial charge is 0.272 e. The Labute approximate surface area is 174 Å². The molecule has 2 aromatic heterocycles. The molecule has 0 saturated carbocycles. The van der Waals surface area contributed by atoms with Crippen LogP contribution < -0.4 is 0 Å². The van der Waals surface area contributed by atoms with Crippen molar-refractivity contribution in [3.8, 4) is 10.4 Å². The average molecular weight is 406 g/mol. The second-order valence-corrected chi connectivity index (χ2v) is 8.21. The van der Waals surface area contributed by atoms with E-state index < -0.39 is 0 Å². The molecule has 1 fully saturated rings. The van der Waals surface area contributed by atoms with Gasteiger partial charge < -0.3 is 9.80 Å². The molecular weight excluding hydrogens is 382 g/mol. The van der Waals surface area contributed by atoms with Gasteiger partial charge >= 0.3 is 0 Å². The molecule has 1 aliphatic heterocycles. The number of nitrogens with zero attached hydrogens (tertiary/aromatic N) is 3. The quantitative estimate of drug-likeness (QED) is 0.667. The van der Waals surface area contributed by atoms with E-state index in [0.717, 1.165) is 11.1 Å². The van der Waals surface area contributed by atoms with Crippen LogP contribution in [-0.2, 0) is 11.2 Å². The van der Waals surface area contributed by atoms with Crippen LogP contribution >= 0.6 is 11.3 Å². The van der Waals surface area contributed by atoms with Crippen molar-refractivity contribution in [2.45, 2.75) is 6.42 Å². The number of benzene rings is 1. The summed E-state index contributed by atoms with van der Waals surface area (Å²) in [6, 6.07) is 17.7. The van der Waals surface area contributed by atoms with E-state index in [1.165, 1.54) is 4.88 Å². The molecule has 148 valence electrons. The predicted molar refractivity (Wildman–Crippen MR) is 115 cm³/mol. The van der Waals surface area contributed by atoms with Gasteiger partial charge in [0.1, 0.15) is 5.69 Å². The minimum atomic E-state index is -0.281. The van der Waals surface area contributed by atoms with Crippen molar-refractivity contribution < 1.29 is 9.59 Å². The van der Waals surface area contributed by atoms with E-state index in [1.807, 2.05) is 31.3 Å². The summed E-state index contributed by atoms with van der Waals surface area (Å²) < 4.78 is 0. The molecule has 3 heterocycles. The number of pyridine rings is 1. The molecular formula is C23H23N3O2S. The number of hydrogen-bond donors (Lipinski definition) is 0. The lowest BCUT2D eigenvalue weighted by atomic mass is 9.93. The van der Waals surface area contributed by atoms with Gasteiger partial charge in [0, 0.05) is 37.8 Å². The number of likely N-dealkylation sites (N-methyl/N-ethyl adjacent to an activating group) is 1. The normalized spacial score (nSPS) is 17.3. The number of carbonyl (C=O) groups is 2. The Morgan fingerprint density at radius 2 is 1.93 bits per heavy atom. The van der Waals surface area contributed by atoms with Crippen molar-refractivity contribution in [3.63, 3.8) is 0 Å². The fraction of sp³-hybridized carbons (Fsp3) is 0.261. The van der Waals surface area contributed by atoms with Crippen LogP contribution in [0.2, 0.25) is 0 Å². The summed E-state index contributed by atoms with van der Waals surface area (Å²) in [7, 11) is 1.81. The van der Waals surface area contributed by atoms with Gasteiger partial charge in [-0.25, -0.2) is 0 Å². The highest BCUT2D eigenvalue weighted by molar-refractivity contribution is 7.13. The number of aromatic nitrogens is 1. The minimum Gasteiger partial charge on any atom is -0.344 e. The van der Waals surface area contributed by atoms with Gasteiger partial charge in [-0.2, -0.15) is 0 Å². The maximum Gasteiger partial charge on any atom is 0.272 e. The maximum atomic E-state index is 13.0. The van der Waals surface area contributed by atoms with Crippen molar-refractivity contribution in [1.29, 1.82) is 0 Å². The highest BCUT2D eigenvalue weighted by Crippen LogP contribution is 2.30. The number of carbonyl (C=O) groups excluding carboxylic acids is 2. The van der Waals surface area contributed by atoms with Gasteiger partial charge in [0.2, 0.25) is 5.91 Å². The highest BCUT2D eigenvalue weighted by Gasteiger charge is 2.32. The first-order valence-corrected chi connectivity index (χ1v) is 10.6. The molecule has 29 heavy (non-hydrogen) atoms. The zero-order valence-corrected chi connectivity index (χ0v) is 17.1. The molecule has 4 rings (SSSR count). The fourth-order valence-electron chi connectivity index (χ4n) is 3.75. The van der Waals surface area contributed by atoms with Crippen molar-refractivity contribution >= 4 is 23.2 Å². The Kier molecular flexibility index (Phi) is 5.71. The first kappa shape index (κ1) is 19.3. The lowest BCUT2D eigenvalue weighted by molar-refractivity contribution is -0.133. The second kappa shape index (κ2) is 8.57. The maximum absolute atomic E-state index is 13.0. The Hall–Kier alpha value is -2.99. The molecule has 0 radical (unpaired) electrons. The molecule has 0 aliphatic carbocycles. The molecule has 5 nitrogen and oxygen atoms in total. The summed E-state index contributed by atoms with van der Waals surface area (Å²) in [6.07, 6.45) is 2.22. The molecule has 0 N–H and O–H groups in total. The highest BCUT2D eigenvalue weighted by atomic mass is 32.1. The zero-order valence-electron chi connectivity index (χ0n) is 16.3. The molecule has 0 unspecified atom stereocenters. The zero-order chi connectivity index (χ0) is 20.2. The molecule has 0 spiro atoms. The third-order valence-electron chi connectivity index (χ3n) is 5.31. The van der Waals surface area contributed by atoms with E-state index in [0.29, 0.717) is 31.7 Å². The van der Waals surface area contributed by atoms with Gasteiger partial charge in [-0.3, -0.25) is 14.6 Å². The van der Waals surface area contributed by atoms with Crippen LogP contribution in [0.25, 0.3) is 10.4 Å². The van der Waals surface area contributed by atoms with Crippen LogP contribution in [0.15, 0.2) is 66.2 Å². The van der Waals surface area contributed by atoms with E-state index in [-0.39, 0.29) is 17.7 Å². The van der Waals surface area contributed by atoms with Crippen LogP contribution in [0, 0.1) is 5.92 Å². The van der Waals surface area contributed by atoms with Gasteiger partial charge in [0.05, 0.1) is 5.92 Å². The van der Waals surface area contributed by atoms with Crippen molar-refractivity contribution in [2.75, 3.05) is 26.7 Å². The largest absolute Gasteiger partial charge is 0.344 e. The molecule has 1 atom stereocenters. The van der Waals surface area contributed by atoms with Crippen LogP contribution in [0.3, 0.4) is 0 Å². The first-order valence-electron chi connectivity index (χ1n) is 9.70. The molecule has 3 aromatic rings. The molecule has 1 saturated heterocycles. The number of amides is 2. The first-order chi connectivity index (χ1) is 14.1. The molecule has 1 aliphatic rings. The standard InChI is InChI=1S/C23H23N3O2S/c1-25-12-13-26(23(28)20-9-4-5-11-24-20)16-18(22(25)27)15-17-7-2-3-8-19(17)21-10-6-14-29-21/h2-11,14,18H,12-13,15-16H2,1H3/t18-/m0/s1. The number of rotatable bonds is 4. The number of thiophene rings is 1. The van der Waals surface area contributed by atoms with E-state index >= 15 is 0 Å². The lowest BCUT2D eigenvalue weighted by Crippen LogP contribution is -2.37. The summed E-state index contributed by atoms with van der Waals surface area (Å²) >= 11 is 1.69. The average Bonchev–Trinajstić information content (AvgIpc) is 3.26. The molecule has 0 bridgehead atoms. The second-order valence-electron chi connectivity index (χ2n) is 7.26. The van der Waals surface area contributed by atoms with Crippen LogP contribution in [0.4, 0.5) is 0 Å². The fourth-order valence-corrected chi connectivity index (χ4v) is 4.54. The Bertz CT molecular complexity index is 988. The van der Waals surface area contributed by atoms with Gasteiger partial charge in [0.25, 0.3) is 5.91 Å². The van der Waals surface area contributed by atoms with E-state index in [1.54, 1.807) is 39.5 Å². The van der Waals surface area contributed by atoms with Gasteiger partial charge in [-0.1, -0.05) is 36.4 Å². The van der Waals surface area contributed by atoms with E-state index in [2.05, 4.69) is 28.6 Å². The number of hydrogen-bond acceptors (Lipinski definition) is 4. The van der Waals surface area contributed by atoms with Gasteiger partial charge in [-0.15, -0.1) is 11.3 Å². The lowest BCUT2D eigenvalue weighted by Gasteiger charge is -2.23. The van der Waals surface area contributed by atoms with Crippen molar-refractivity contribution in [3.05, 3.63) is 77.4 Å².